The Labute approximate surface area is 144 Å². The quantitative estimate of drug-likeness (QED) is 0.839. The Kier molecular flexibility index (Phi) is 5.25. The van der Waals surface area contributed by atoms with E-state index in [2.05, 4.69) is 0 Å². The highest BCUT2D eigenvalue weighted by molar-refractivity contribution is 7.89. The lowest BCUT2D eigenvalue weighted by Crippen LogP contribution is -2.43. The van der Waals surface area contributed by atoms with Crippen LogP contribution in [0, 0.1) is 0 Å². The average Bonchev–Trinajstić information content (AvgIpc) is 3.15. The first kappa shape index (κ1) is 17.4. The fraction of sp³-hybridized carbons (Fsp3) is 0.611. The van der Waals surface area contributed by atoms with Crippen molar-refractivity contribution >= 4 is 15.9 Å². The zero-order valence-electron chi connectivity index (χ0n) is 14.3. The van der Waals surface area contributed by atoms with E-state index in [4.69, 9.17) is 0 Å². The number of hydrogen-bond donors (Lipinski definition) is 0. The van der Waals surface area contributed by atoms with E-state index in [-0.39, 0.29) is 11.9 Å². The molecule has 1 aromatic carbocycles. The van der Waals surface area contributed by atoms with Crippen molar-refractivity contribution in [1.29, 1.82) is 0 Å². The van der Waals surface area contributed by atoms with Gasteiger partial charge in [0.25, 0.3) is 5.91 Å². The summed E-state index contributed by atoms with van der Waals surface area (Å²) in [4.78, 5) is 14.5. The summed E-state index contributed by atoms with van der Waals surface area (Å²) in [5.41, 5.74) is 0.571. The van der Waals surface area contributed by atoms with Crippen LogP contribution < -0.4 is 0 Å². The second kappa shape index (κ2) is 7.23. The highest BCUT2D eigenvalue weighted by Gasteiger charge is 2.32. The largest absolute Gasteiger partial charge is 0.339 e. The number of piperidine rings is 1. The molecule has 132 valence electrons. The lowest BCUT2D eigenvalue weighted by Gasteiger charge is -2.34. The van der Waals surface area contributed by atoms with Crippen LogP contribution in [0.2, 0.25) is 0 Å². The van der Waals surface area contributed by atoms with Gasteiger partial charge >= 0.3 is 0 Å². The summed E-state index contributed by atoms with van der Waals surface area (Å²) in [5, 5.41) is 0. The molecule has 0 bridgehead atoms. The fourth-order valence-electron chi connectivity index (χ4n) is 3.71. The number of benzene rings is 1. The van der Waals surface area contributed by atoms with Crippen LogP contribution in [-0.2, 0) is 10.0 Å². The number of hydrogen-bond acceptors (Lipinski definition) is 3. The molecule has 1 aromatic rings. The molecule has 2 aliphatic heterocycles. The van der Waals surface area contributed by atoms with Crippen LogP contribution in [0.1, 0.15) is 55.8 Å². The number of carbonyl (C=O) groups is 1. The molecular weight excluding hydrogens is 324 g/mol. The Balaban J connectivity index is 1.80. The van der Waals surface area contributed by atoms with E-state index in [1.165, 1.54) is 0 Å². The van der Waals surface area contributed by atoms with E-state index in [1.54, 1.807) is 28.6 Å². The molecule has 3 rings (SSSR count). The Morgan fingerprint density at radius 1 is 1.04 bits per heavy atom. The lowest BCUT2D eigenvalue weighted by molar-refractivity contribution is 0.0792. The Hall–Kier alpha value is -1.40. The maximum absolute atomic E-state index is 12.9. The van der Waals surface area contributed by atoms with Gasteiger partial charge in [-0.3, -0.25) is 4.79 Å². The van der Waals surface area contributed by atoms with Crippen molar-refractivity contribution in [3.8, 4) is 0 Å². The molecule has 0 radical (unpaired) electrons. The van der Waals surface area contributed by atoms with Crippen molar-refractivity contribution in [2.24, 2.45) is 0 Å². The summed E-state index contributed by atoms with van der Waals surface area (Å²) >= 11 is 0. The second-order valence-corrected chi connectivity index (χ2v) is 8.59. The summed E-state index contributed by atoms with van der Waals surface area (Å²) in [6, 6.07) is 6.56. The Morgan fingerprint density at radius 3 is 2.29 bits per heavy atom. The maximum Gasteiger partial charge on any atom is 0.253 e. The Bertz CT molecular complexity index is 679. The topological polar surface area (TPSA) is 57.7 Å². The minimum absolute atomic E-state index is 0.000792. The van der Waals surface area contributed by atoms with Gasteiger partial charge in [0, 0.05) is 31.2 Å². The van der Waals surface area contributed by atoms with Gasteiger partial charge in [0.2, 0.25) is 10.0 Å². The molecule has 0 N–H and O–H groups in total. The third-order valence-corrected chi connectivity index (χ3v) is 7.11. The summed E-state index contributed by atoms with van der Waals surface area (Å²) in [6.07, 6.45) is 5.87. The second-order valence-electron chi connectivity index (χ2n) is 6.70. The zero-order valence-corrected chi connectivity index (χ0v) is 15.1. The zero-order chi connectivity index (χ0) is 17.2. The molecule has 1 atom stereocenters. The molecule has 2 aliphatic rings. The maximum atomic E-state index is 12.9. The summed E-state index contributed by atoms with van der Waals surface area (Å²) in [7, 11) is -3.48. The minimum Gasteiger partial charge on any atom is -0.339 e. The van der Waals surface area contributed by atoms with Gasteiger partial charge in [0.1, 0.15) is 0 Å². The van der Waals surface area contributed by atoms with Gasteiger partial charge < -0.3 is 4.90 Å². The van der Waals surface area contributed by atoms with Crippen LogP contribution in [0.5, 0.6) is 0 Å². The van der Waals surface area contributed by atoms with Gasteiger partial charge in [-0.05, 0) is 56.4 Å². The fourth-order valence-corrected chi connectivity index (χ4v) is 5.47. The van der Waals surface area contributed by atoms with E-state index in [0.29, 0.717) is 17.0 Å². The van der Waals surface area contributed by atoms with Crippen molar-refractivity contribution in [1.82, 2.24) is 9.21 Å². The van der Waals surface area contributed by atoms with Crippen LogP contribution in [0.25, 0.3) is 0 Å². The molecule has 2 fully saturated rings. The molecule has 2 saturated heterocycles. The predicted molar refractivity (Wildman–Crippen MR) is 93.4 cm³/mol. The molecule has 1 amide bonds. The first-order chi connectivity index (χ1) is 11.5. The van der Waals surface area contributed by atoms with Gasteiger partial charge in [0.15, 0.2) is 0 Å². The highest BCUT2D eigenvalue weighted by atomic mass is 32.2. The molecule has 5 nitrogen and oxygen atoms in total. The molecule has 24 heavy (non-hydrogen) atoms. The lowest BCUT2D eigenvalue weighted by atomic mass is 10.0. The van der Waals surface area contributed by atoms with Crippen LogP contribution in [0.15, 0.2) is 29.2 Å². The van der Waals surface area contributed by atoms with E-state index in [9.17, 15) is 13.2 Å². The number of sulfonamides is 1. The average molecular weight is 350 g/mol. The number of likely N-dealkylation sites (tertiary alicyclic amines) is 1. The molecule has 2 heterocycles. The SMILES string of the molecule is CCC1CCCCN1S(=O)(=O)c1ccc(C(=O)N2CCCC2)cc1. The first-order valence-electron chi connectivity index (χ1n) is 8.95. The normalized spacial score (nSPS) is 22.7. The monoisotopic (exact) mass is 350 g/mol. The smallest absolute Gasteiger partial charge is 0.253 e. The minimum atomic E-state index is -3.48. The van der Waals surface area contributed by atoms with Crippen molar-refractivity contribution in [3.63, 3.8) is 0 Å². The molecule has 0 aliphatic carbocycles. The van der Waals surface area contributed by atoms with E-state index < -0.39 is 10.0 Å². The van der Waals surface area contributed by atoms with Crippen molar-refractivity contribution in [2.45, 2.75) is 56.4 Å². The van der Waals surface area contributed by atoms with E-state index >= 15 is 0 Å². The molecule has 0 saturated carbocycles. The van der Waals surface area contributed by atoms with Crippen molar-refractivity contribution < 1.29 is 13.2 Å². The number of carbonyl (C=O) groups excluding carboxylic acids is 1. The van der Waals surface area contributed by atoms with Gasteiger partial charge in [-0.25, -0.2) is 8.42 Å². The van der Waals surface area contributed by atoms with Crippen LogP contribution in [0.4, 0.5) is 0 Å². The van der Waals surface area contributed by atoms with E-state index in [1.807, 2.05) is 11.8 Å². The van der Waals surface area contributed by atoms with Crippen LogP contribution in [-0.4, -0.2) is 49.2 Å². The molecule has 6 heteroatoms. The Morgan fingerprint density at radius 2 is 1.67 bits per heavy atom. The van der Waals surface area contributed by atoms with Crippen LogP contribution >= 0.6 is 0 Å². The molecule has 0 spiro atoms. The van der Waals surface area contributed by atoms with Crippen LogP contribution in [0.3, 0.4) is 0 Å². The molecular formula is C18H26N2O3S. The summed E-state index contributed by atoms with van der Waals surface area (Å²) < 4.78 is 27.5. The third-order valence-electron chi connectivity index (χ3n) is 5.15. The van der Waals surface area contributed by atoms with Gasteiger partial charge in [-0.15, -0.1) is 0 Å². The van der Waals surface area contributed by atoms with Gasteiger partial charge in [-0.2, -0.15) is 4.31 Å². The van der Waals surface area contributed by atoms with Crippen molar-refractivity contribution in [2.75, 3.05) is 19.6 Å². The number of amides is 1. The highest BCUT2D eigenvalue weighted by Crippen LogP contribution is 2.27. The molecule has 0 aromatic heterocycles. The van der Waals surface area contributed by atoms with Gasteiger partial charge in [-0.1, -0.05) is 13.3 Å². The first-order valence-corrected chi connectivity index (χ1v) is 10.4. The van der Waals surface area contributed by atoms with E-state index in [0.717, 1.165) is 51.6 Å². The van der Waals surface area contributed by atoms with Crippen molar-refractivity contribution in [3.05, 3.63) is 29.8 Å². The number of nitrogens with zero attached hydrogens (tertiary/aromatic N) is 2. The predicted octanol–water partition coefficient (Wildman–Crippen LogP) is 2.88. The van der Waals surface area contributed by atoms with Gasteiger partial charge in [0.05, 0.1) is 4.90 Å². The molecule has 1 unspecified atom stereocenters. The summed E-state index contributed by atoms with van der Waals surface area (Å²) in [5.74, 6) is 0.000792. The number of rotatable bonds is 4. The standard InChI is InChI=1S/C18H26N2O3S/c1-2-16-7-3-4-14-20(16)24(22,23)17-10-8-15(9-11-17)18(21)19-12-5-6-13-19/h8-11,16H,2-7,12-14H2,1H3. The summed E-state index contributed by atoms with van der Waals surface area (Å²) in [6.45, 7) is 4.22. The third kappa shape index (κ3) is 3.35.